The number of primary amides is 1. The molecule has 1 aromatic heterocycles. The van der Waals surface area contributed by atoms with Crippen LogP contribution in [-0.4, -0.2) is 14.3 Å². The van der Waals surface area contributed by atoms with Crippen LogP contribution in [0.15, 0.2) is 15.6 Å². The summed E-state index contributed by atoms with van der Waals surface area (Å²) in [5, 5.41) is 3.72. The number of sulfonamides is 1. The summed E-state index contributed by atoms with van der Waals surface area (Å²) in [4.78, 5) is 10.6. The zero-order chi connectivity index (χ0) is 10.2. The number of furan rings is 1. The van der Waals surface area contributed by atoms with Crippen molar-refractivity contribution in [2.75, 3.05) is 0 Å². The summed E-state index contributed by atoms with van der Waals surface area (Å²) in [6.07, 6.45) is 0. The van der Waals surface area contributed by atoms with Crippen molar-refractivity contribution in [2.24, 2.45) is 10.9 Å². The van der Waals surface area contributed by atoms with Gasteiger partial charge in [-0.25, -0.2) is 13.6 Å². The van der Waals surface area contributed by atoms with E-state index < -0.39 is 26.2 Å². The van der Waals surface area contributed by atoms with Crippen LogP contribution in [0.4, 0.5) is 0 Å². The Morgan fingerprint density at radius 1 is 1.54 bits per heavy atom. The largest absolute Gasteiger partial charge is 0.431 e. The number of amides is 1. The Bertz CT molecular complexity index is 449. The summed E-state index contributed by atoms with van der Waals surface area (Å²) in [5.74, 6) is -0.886. The van der Waals surface area contributed by atoms with Crippen LogP contribution < -0.4 is 10.9 Å². The van der Waals surface area contributed by atoms with Gasteiger partial charge in [-0.2, -0.15) is 0 Å². The second-order valence-electron chi connectivity index (χ2n) is 2.16. The highest BCUT2D eigenvalue weighted by molar-refractivity contribution is 7.89. The molecule has 0 unspecified atom stereocenters. The van der Waals surface area contributed by atoms with E-state index in [9.17, 15) is 13.2 Å². The zero-order valence-corrected chi connectivity index (χ0v) is 7.72. The Balaban J connectivity index is 3.33. The molecule has 0 fully saturated rings. The van der Waals surface area contributed by atoms with Crippen molar-refractivity contribution < 1.29 is 17.6 Å². The molecular formula is C5H5ClN2O4S. The van der Waals surface area contributed by atoms with E-state index in [1.54, 1.807) is 0 Å². The van der Waals surface area contributed by atoms with E-state index in [2.05, 4.69) is 4.42 Å². The second kappa shape index (κ2) is 3.02. The Morgan fingerprint density at radius 2 is 2.08 bits per heavy atom. The molecule has 8 heteroatoms. The van der Waals surface area contributed by atoms with E-state index >= 15 is 0 Å². The van der Waals surface area contributed by atoms with Crippen LogP contribution in [0.5, 0.6) is 0 Å². The van der Waals surface area contributed by atoms with Gasteiger partial charge in [-0.3, -0.25) is 4.79 Å². The summed E-state index contributed by atoms with van der Waals surface area (Å²) in [6.45, 7) is 0. The Morgan fingerprint density at radius 3 is 2.31 bits per heavy atom. The quantitative estimate of drug-likeness (QED) is 0.716. The van der Waals surface area contributed by atoms with Gasteiger partial charge in [-0.05, 0) is 11.6 Å². The molecule has 0 radical (unpaired) electrons. The lowest BCUT2D eigenvalue weighted by Crippen LogP contribution is -2.12. The predicted octanol–water partition coefficient (Wildman–Crippen LogP) is -0.321. The van der Waals surface area contributed by atoms with Crippen LogP contribution in [0.3, 0.4) is 0 Å². The highest BCUT2D eigenvalue weighted by Gasteiger charge is 2.20. The molecule has 0 aromatic carbocycles. The maximum Gasteiger partial charge on any atom is 0.271 e. The minimum Gasteiger partial charge on any atom is -0.431 e. The highest BCUT2D eigenvalue weighted by atomic mass is 35.5. The highest BCUT2D eigenvalue weighted by Crippen LogP contribution is 2.22. The van der Waals surface area contributed by atoms with Crippen LogP contribution in [0.2, 0.25) is 5.22 Å². The third kappa shape index (κ3) is 2.00. The maximum absolute atomic E-state index is 10.7. The summed E-state index contributed by atoms with van der Waals surface area (Å²) >= 11 is 5.36. The van der Waals surface area contributed by atoms with Gasteiger partial charge >= 0.3 is 0 Å². The smallest absolute Gasteiger partial charge is 0.271 e. The molecule has 1 amide bonds. The predicted molar refractivity (Wildman–Crippen MR) is 43.6 cm³/mol. The van der Waals surface area contributed by atoms with E-state index in [0.29, 0.717) is 0 Å². The molecule has 1 heterocycles. The normalized spacial score (nSPS) is 11.5. The molecule has 1 aromatic rings. The Labute approximate surface area is 78.5 Å². The monoisotopic (exact) mass is 224 g/mol. The molecular weight excluding hydrogens is 220 g/mol. The average molecular weight is 225 g/mol. The number of primary sulfonamides is 1. The first-order chi connectivity index (χ1) is 5.82. The lowest BCUT2D eigenvalue weighted by Gasteiger charge is -1.86. The number of carbonyl (C=O) groups excluding carboxylic acids is 1. The van der Waals surface area contributed by atoms with Gasteiger partial charge in [0.05, 0.1) is 5.56 Å². The van der Waals surface area contributed by atoms with E-state index in [4.69, 9.17) is 22.5 Å². The molecule has 0 aliphatic carbocycles. The van der Waals surface area contributed by atoms with Crippen molar-refractivity contribution in [3.05, 3.63) is 16.8 Å². The summed E-state index contributed by atoms with van der Waals surface area (Å²) in [5.41, 5.74) is 4.64. The first-order valence-electron chi connectivity index (χ1n) is 2.94. The number of hydrogen-bond donors (Lipinski definition) is 2. The Hall–Kier alpha value is -1.05. The molecule has 0 saturated carbocycles. The maximum atomic E-state index is 10.7. The molecule has 72 valence electrons. The summed E-state index contributed by atoms with van der Waals surface area (Å²) in [7, 11) is -4.00. The molecule has 4 N–H and O–H groups in total. The van der Waals surface area contributed by atoms with Gasteiger partial charge in [0, 0.05) is 6.07 Å². The molecule has 6 nitrogen and oxygen atoms in total. The second-order valence-corrected chi connectivity index (χ2v) is 4.00. The topological polar surface area (TPSA) is 116 Å². The van der Waals surface area contributed by atoms with Gasteiger partial charge in [-0.1, -0.05) is 0 Å². The summed E-state index contributed by atoms with van der Waals surface area (Å²) in [6, 6.07) is 0.875. The molecule has 0 aliphatic rings. The van der Waals surface area contributed by atoms with Crippen LogP contribution in [0.1, 0.15) is 10.4 Å². The van der Waals surface area contributed by atoms with Crippen molar-refractivity contribution >= 4 is 27.5 Å². The third-order valence-electron chi connectivity index (χ3n) is 1.21. The van der Waals surface area contributed by atoms with Gasteiger partial charge < -0.3 is 10.2 Å². The van der Waals surface area contributed by atoms with Crippen LogP contribution in [-0.2, 0) is 10.0 Å². The fraction of sp³-hybridized carbons (Fsp3) is 0. The van der Waals surface area contributed by atoms with Crippen molar-refractivity contribution in [3.63, 3.8) is 0 Å². The molecule has 1 rings (SSSR count). The molecule has 13 heavy (non-hydrogen) atoms. The van der Waals surface area contributed by atoms with Crippen molar-refractivity contribution in [3.8, 4) is 0 Å². The van der Waals surface area contributed by atoms with Crippen molar-refractivity contribution in [1.29, 1.82) is 0 Å². The van der Waals surface area contributed by atoms with Crippen LogP contribution in [0, 0.1) is 0 Å². The van der Waals surface area contributed by atoms with Gasteiger partial charge in [0.25, 0.3) is 15.9 Å². The number of carbonyl (C=O) groups is 1. The zero-order valence-electron chi connectivity index (χ0n) is 6.15. The van der Waals surface area contributed by atoms with Crippen LogP contribution >= 0.6 is 11.6 Å². The van der Waals surface area contributed by atoms with E-state index in [0.717, 1.165) is 6.07 Å². The SMILES string of the molecule is NC(=O)c1cc(S(N)(=O)=O)oc1Cl. The van der Waals surface area contributed by atoms with Crippen LogP contribution in [0.25, 0.3) is 0 Å². The van der Waals surface area contributed by atoms with E-state index in [-0.39, 0.29) is 5.56 Å². The molecule has 0 atom stereocenters. The number of hydrogen-bond acceptors (Lipinski definition) is 4. The van der Waals surface area contributed by atoms with E-state index in [1.807, 2.05) is 0 Å². The molecule has 0 aliphatic heterocycles. The molecule has 0 saturated heterocycles. The first kappa shape index (κ1) is 10.0. The summed E-state index contributed by atoms with van der Waals surface area (Å²) < 4.78 is 25.9. The van der Waals surface area contributed by atoms with Gasteiger partial charge in [-0.15, -0.1) is 0 Å². The molecule has 0 spiro atoms. The van der Waals surface area contributed by atoms with Gasteiger partial charge in [0.1, 0.15) is 0 Å². The number of nitrogens with two attached hydrogens (primary N) is 2. The average Bonchev–Trinajstić information content (AvgIpc) is 2.29. The first-order valence-corrected chi connectivity index (χ1v) is 4.86. The van der Waals surface area contributed by atoms with Gasteiger partial charge in [0.2, 0.25) is 10.3 Å². The number of halogens is 1. The van der Waals surface area contributed by atoms with Crippen molar-refractivity contribution in [2.45, 2.75) is 5.09 Å². The fourth-order valence-corrected chi connectivity index (χ4v) is 1.41. The minimum absolute atomic E-state index is 0.217. The van der Waals surface area contributed by atoms with Crippen molar-refractivity contribution in [1.82, 2.24) is 0 Å². The Kier molecular flexibility index (Phi) is 2.33. The standard InChI is InChI=1S/C5H5ClN2O4S/c6-4-2(5(7)9)1-3(12-4)13(8,10)11/h1H,(H2,7,9)(H2,8,10,11). The lowest BCUT2D eigenvalue weighted by atomic mass is 10.3. The van der Waals surface area contributed by atoms with Gasteiger partial charge in [0.15, 0.2) is 0 Å². The fourth-order valence-electron chi connectivity index (χ4n) is 0.656. The lowest BCUT2D eigenvalue weighted by molar-refractivity contribution is 0.1000. The number of rotatable bonds is 2. The third-order valence-corrected chi connectivity index (χ3v) is 2.25. The molecule has 0 bridgehead atoms. The van der Waals surface area contributed by atoms with E-state index in [1.165, 1.54) is 0 Å². The minimum atomic E-state index is -4.00.